The van der Waals surface area contributed by atoms with Crippen LogP contribution in [0, 0.1) is 0 Å². The number of hydrogen-bond acceptors (Lipinski definition) is 3. The molecule has 0 saturated carbocycles. The summed E-state index contributed by atoms with van der Waals surface area (Å²) in [6, 6.07) is 19.0. The Hall–Kier alpha value is -0.890. The van der Waals surface area contributed by atoms with Crippen LogP contribution in [0.25, 0.3) is 0 Å². The van der Waals surface area contributed by atoms with Crippen LogP contribution in [0.3, 0.4) is 0 Å². The van der Waals surface area contributed by atoms with E-state index >= 15 is 0 Å². The second kappa shape index (κ2) is 6.75. The van der Waals surface area contributed by atoms with Crippen LogP contribution in [0.15, 0.2) is 60.7 Å². The van der Waals surface area contributed by atoms with Gasteiger partial charge in [-0.25, -0.2) is 0 Å². The number of para-hydroxylation sites is 2. The highest BCUT2D eigenvalue weighted by molar-refractivity contribution is 8.64. The molecule has 0 amide bonds. The minimum Gasteiger partial charge on any atom is -0.430 e. The average molecular weight is 285 g/mol. The Balaban J connectivity index is 1.98. The monoisotopic (exact) mass is 284 g/mol. The van der Waals surface area contributed by atoms with Crippen LogP contribution in [-0.4, -0.2) is 0 Å². The average Bonchev–Trinajstić information content (AvgIpc) is 2.40. The predicted molar refractivity (Wildman–Crippen MR) is 74.5 cm³/mol. The smallest absolute Gasteiger partial charge is 0.377 e. The first-order valence-electron chi connectivity index (χ1n) is 4.93. The van der Waals surface area contributed by atoms with Crippen molar-refractivity contribution in [2.75, 3.05) is 0 Å². The zero-order valence-electron chi connectivity index (χ0n) is 8.82. The van der Waals surface area contributed by atoms with Gasteiger partial charge in [0.05, 0.1) is 10.6 Å². The summed E-state index contributed by atoms with van der Waals surface area (Å²) < 4.78 is 11.3. The first-order chi connectivity index (χ1) is 8.38. The molecule has 0 spiro atoms. The Morgan fingerprint density at radius 1 is 0.765 bits per heavy atom. The van der Waals surface area contributed by atoms with Crippen LogP contribution in [0.5, 0.6) is 11.5 Å². The molecule has 2 nitrogen and oxygen atoms in total. The molecule has 2 aromatic carbocycles. The van der Waals surface area contributed by atoms with Gasteiger partial charge in [0.25, 0.3) is 0 Å². The zero-order chi connectivity index (χ0) is 11.9. The van der Waals surface area contributed by atoms with Gasteiger partial charge in [-0.15, -0.1) is 0 Å². The van der Waals surface area contributed by atoms with Crippen LogP contribution in [0.2, 0.25) is 0 Å². The molecule has 0 aromatic heterocycles. The SMILES string of the molecule is ClSP(Oc1ccccc1)Oc1ccccc1. The van der Waals surface area contributed by atoms with Gasteiger partial charge in [0.2, 0.25) is 0 Å². The van der Waals surface area contributed by atoms with E-state index in [1.165, 1.54) is 0 Å². The van der Waals surface area contributed by atoms with E-state index in [1.54, 1.807) is 0 Å². The molecule has 17 heavy (non-hydrogen) atoms. The maximum Gasteiger partial charge on any atom is 0.377 e. The highest BCUT2D eigenvalue weighted by Gasteiger charge is 2.14. The Morgan fingerprint density at radius 2 is 1.18 bits per heavy atom. The maximum absolute atomic E-state index is 5.76. The van der Waals surface area contributed by atoms with Crippen LogP contribution < -0.4 is 9.05 Å². The van der Waals surface area contributed by atoms with Crippen molar-refractivity contribution in [3.05, 3.63) is 60.7 Å². The van der Waals surface area contributed by atoms with Gasteiger partial charge >= 0.3 is 7.58 Å². The fourth-order valence-corrected chi connectivity index (χ4v) is 3.06. The summed E-state index contributed by atoms with van der Waals surface area (Å²) in [5, 5.41) is 0. The van der Waals surface area contributed by atoms with E-state index in [9.17, 15) is 0 Å². The van der Waals surface area contributed by atoms with Gasteiger partial charge in [0.15, 0.2) is 0 Å². The van der Waals surface area contributed by atoms with Gasteiger partial charge in [-0.1, -0.05) is 36.4 Å². The fourth-order valence-electron chi connectivity index (χ4n) is 1.18. The van der Waals surface area contributed by atoms with Crippen LogP contribution in [0.4, 0.5) is 0 Å². The molecule has 0 heterocycles. The van der Waals surface area contributed by atoms with Gasteiger partial charge in [0.1, 0.15) is 11.5 Å². The largest absolute Gasteiger partial charge is 0.430 e. The Labute approximate surface area is 110 Å². The van der Waals surface area contributed by atoms with E-state index in [0.717, 1.165) is 22.1 Å². The van der Waals surface area contributed by atoms with E-state index in [4.69, 9.17) is 19.7 Å². The lowest BCUT2D eigenvalue weighted by Crippen LogP contribution is -1.90. The molecule has 88 valence electrons. The Morgan fingerprint density at radius 3 is 1.53 bits per heavy atom. The third-order valence-electron chi connectivity index (χ3n) is 1.90. The zero-order valence-corrected chi connectivity index (χ0v) is 11.3. The summed E-state index contributed by atoms with van der Waals surface area (Å²) >= 11 is 0. The number of hydrogen-bond donors (Lipinski definition) is 0. The normalized spacial score (nSPS) is 10.2. The van der Waals surface area contributed by atoms with Crippen LogP contribution >= 0.6 is 28.9 Å². The van der Waals surface area contributed by atoms with E-state index in [2.05, 4.69) is 0 Å². The second-order valence-corrected chi connectivity index (χ2v) is 6.60. The Kier molecular flexibility index (Phi) is 4.99. The summed E-state index contributed by atoms with van der Waals surface area (Å²) in [4.78, 5) is 0. The van der Waals surface area contributed by atoms with E-state index in [-0.39, 0.29) is 0 Å². The van der Waals surface area contributed by atoms with E-state index < -0.39 is 7.58 Å². The van der Waals surface area contributed by atoms with Crippen molar-refractivity contribution in [1.82, 2.24) is 0 Å². The topological polar surface area (TPSA) is 18.5 Å². The lowest BCUT2D eigenvalue weighted by Gasteiger charge is -2.14. The first kappa shape index (κ1) is 12.6. The summed E-state index contributed by atoms with van der Waals surface area (Å²) in [6.45, 7) is 0. The second-order valence-electron chi connectivity index (χ2n) is 3.10. The summed E-state index contributed by atoms with van der Waals surface area (Å²) in [5.41, 5.74) is 0. The lowest BCUT2D eigenvalue weighted by molar-refractivity contribution is 0.510. The molecule has 0 saturated heterocycles. The standard InChI is InChI=1S/C12H10ClO2PS/c13-17-16(14-11-7-3-1-4-8-11)15-12-9-5-2-6-10-12/h1-10H. The van der Waals surface area contributed by atoms with Crippen molar-refractivity contribution >= 4 is 28.9 Å². The van der Waals surface area contributed by atoms with Crippen LogP contribution in [-0.2, 0) is 0 Å². The molecule has 0 aliphatic heterocycles. The molecule has 0 aliphatic rings. The third kappa shape index (κ3) is 4.12. The molecule has 0 N–H and O–H groups in total. The van der Waals surface area contributed by atoms with Crippen molar-refractivity contribution in [2.45, 2.75) is 0 Å². The summed E-state index contributed by atoms with van der Waals surface area (Å²) in [7, 11) is 5.59. The van der Waals surface area contributed by atoms with Crippen molar-refractivity contribution in [3.63, 3.8) is 0 Å². The number of rotatable bonds is 5. The highest BCUT2D eigenvalue weighted by Crippen LogP contribution is 2.53. The molecule has 5 heteroatoms. The number of halogens is 1. The molecule has 0 atom stereocenters. The molecule has 0 fully saturated rings. The van der Waals surface area contributed by atoms with Gasteiger partial charge in [-0.3, -0.25) is 0 Å². The minimum atomic E-state index is -1.23. The summed E-state index contributed by atoms with van der Waals surface area (Å²) in [6.07, 6.45) is 0. The van der Waals surface area contributed by atoms with Crippen LogP contribution in [0.1, 0.15) is 0 Å². The number of benzene rings is 2. The van der Waals surface area contributed by atoms with Crippen molar-refractivity contribution in [1.29, 1.82) is 0 Å². The van der Waals surface area contributed by atoms with Gasteiger partial charge in [0, 0.05) is 0 Å². The van der Waals surface area contributed by atoms with Gasteiger partial charge < -0.3 is 9.05 Å². The first-order valence-corrected chi connectivity index (χ1v) is 8.36. The summed E-state index contributed by atoms with van der Waals surface area (Å²) in [5.74, 6) is 1.50. The molecule has 0 bridgehead atoms. The Bertz CT molecular complexity index is 399. The molecular weight excluding hydrogens is 275 g/mol. The highest BCUT2D eigenvalue weighted by atomic mass is 35.7. The lowest BCUT2D eigenvalue weighted by atomic mass is 10.3. The molecule has 0 unspecified atom stereocenters. The minimum absolute atomic E-state index is 0.752. The van der Waals surface area contributed by atoms with Crippen molar-refractivity contribution < 1.29 is 9.05 Å². The van der Waals surface area contributed by atoms with Crippen molar-refractivity contribution in [2.24, 2.45) is 0 Å². The van der Waals surface area contributed by atoms with Gasteiger partial charge in [-0.05, 0) is 34.9 Å². The predicted octanol–water partition coefficient (Wildman–Crippen LogP) is 5.26. The van der Waals surface area contributed by atoms with Gasteiger partial charge in [-0.2, -0.15) is 0 Å². The van der Waals surface area contributed by atoms with E-state index in [1.807, 2.05) is 60.7 Å². The quantitative estimate of drug-likeness (QED) is 0.698. The van der Waals surface area contributed by atoms with E-state index in [0.29, 0.717) is 0 Å². The molecule has 0 aliphatic carbocycles. The molecular formula is C12H10ClO2PS. The fraction of sp³-hybridized carbons (Fsp3) is 0. The molecule has 2 aromatic rings. The van der Waals surface area contributed by atoms with Crippen molar-refractivity contribution in [3.8, 4) is 11.5 Å². The molecule has 0 radical (unpaired) electrons. The molecule has 2 rings (SSSR count). The third-order valence-corrected chi connectivity index (χ3v) is 4.53. The maximum atomic E-state index is 5.76.